The molecule has 1 aliphatic heterocycles. The second-order valence-corrected chi connectivity index (χ2v) is 4.57. The summed E-state index contributed by atoms with van der Waals surface area (Å²) in [7, 11) is 0. The summed E-state index contributed by atoms with van der Waals surface area (Å²) in [4.78, 5) is 18.9. The topological polar surface area (TPSA) is 74.2 Å². The second kappa shape index (κ2) is 5.61. The lowest BCUT2D eigenvalue weighted by Crippen LogP contribution is -2.46. The summed E-state index contributed by atoms with van der Waals surface area (Å²) >= 11 is 0. The number of amides is 1. The van der Waals surface area contributed by atoms with Crippen molar-refractivity contribution in [3.63, 3.8) is 0 Å². The molecule has 1 aliphatic rings. The standard InChI is InChI=1S/C11H18N6O/c1-9(2)13-11-14-10(7-12-15-11)17-5-3-16(8-18)4-6-17/h7-9H,3-6H2,1-2H3,(H,13,14,15). The van der Waals surface area contributed by atoms with Crippen molar-refractivity contribution in [1.29, 1.82) is 0 Å². The highest BCUT2D eigenvalue weighted by molar-refractivity contribution is 5.49. The molecule has 0 spiro atoms. The molecule has 2 rings (SSSR count). The van der Waals surface area contributed by atoms with E-state index in [1.807, 2.05) is 13.8 Å². The number of nitrogens with one attached hydrogen (secondary N) is 1. The highest BCUT2D eigenvalue weighted by Gasteiger charge is 2.17. The molecule has 1 saturated heterocycles. The zero-order chi connectivity index (χ0) is 13.0. The molecule has 18 heavy (non-hydrogen) atoms. The Labute approximate surface area is 106 Å². The Morgan fingerprint density at radius 2 is 2.06 bits per heavy atom. The highest BCUT2D eigenvalue weighted by Crippen LogP contribution is 2.13. The Morgan fingerprint density at radius 3 is 2.67 bits per heavy atom. The second-order valence-electron chi connectivity index (χ2n) is 4.57. The number of rotatable bonds is 4. The number of nitrogens with zero attached hydrogens (tertiary/aromatic N) is 5. The molecule has 0 radical (unpaired) electrons. The third kappa shape index (κ3) is 3.06. The zero-order valence-electron chi connectivity index (χ0n) is 10.7. The van der Waals surface area contributed by atoms with Crippen LogP contribution in [0.3, 0.4) is 0 Å². The Morgan fingerprint density at radius 1 is 1.33 bits per heavy atom. The minimum atomic E-state index is 0.272. The number of carbonyl (C=O) groups excluding carboxylic acids is 1. The van der Waals surface area contributed by atoms with Crippen molar-refractivity contribution in [2.45, 2.75) is 19.9 Å². The van der Waals surface area contributed by atoms with Gasteiger partial charge in [0.25, 0.3) is 0 Å². The maximum atomic E-state index is 10.6. The van der Waals surface area contributed by atoms with Gasteiger partial charge in [0.05, 0.1) is 6.20 Å². The molecule has 7 nitrogen and oxygen atoms in total. The zero-order valence-corrected chi connectivity index (χ0v) is 10.7. The minimum absolute atomic E-state index is 0.272. The summed E-state index contributed by atoms with van der Waals surface area (Å²) < 4.78 is 0. The summed E-state index contributed by atoms with van der Waals surface area (Å²) in [5, 5.41) is 11.0. The lowest BCUT2D eigenvalue weighted by molar-refractivity contribution is -0.118. The molecule has 1 aromatic rings. The van der Waals surface area contributed by atoms with Gasteiger partial charge < -0.3 is 15.1 Å². The van der Waals surface area contributed by atoms with Gasteiger partial charge in [0.2, 0.25) is 12.4 Å². The van der Waals surface area contributed by atoms with Crippen LogP contribution in [0.15, 0.2) is 6.20 Å². The Kier molecular flexibility index (Phi) is 3.91. The molecule has 0 aliphatic carbocycles. The molecule has 1 aromatic heterocycles. The highest BCUT2D eigenvalue weighted by atomic mass is 16.1. The molecule has 0 atom stereocenters. The lowest BCUT2D eigenvalue weighted by atomic mass is 10.3. The fourth-order valence-electron chi connectivity index (χ4n) is 1.82. The largest absolute Gasteiger partial charge is 0.352 e. The van der Waals surface area contributed by atoms with Crippen LogP contribution >= 0.6 is 0 Å². The van der Waals surface area contributed by atoms with Crippen molar-refractivity contribution in [3.05, 3.63) is 6.20 Å². The van der Waals surface area contributed by atoms with Gasteiger partial charge in [-0.1, -0.05) is 0 Å². The van der Waals surface area contributed by atoms with E-state index < -0.39 is 0 Å². The molecule has 0 unspecified atom stereocenters. The van der Waals surface area contributed by atoms with Gasteiger partial charge in [-0.15, -0.1) is 5.10 Å². The fraction of sp³-hybridized carbons (Fsp3) is 0.636. The van der Waals surface area contributed by atoms with E-state index in [4.69, 9.17) is 0 Å². The third-order valence-electron chi connectivity index (χ3n) is 2.75. The lowest BCUT2D eigenvalue weighted by Gasteiger charge is -2.33. The Balaban J connectivity index is 2.02. The molecule has 1 fully saturated rings. The van der Waals surface area contributed by atoms with Crippen molar-refractivity contribution < 1.29 is 4.79 Å². The van der Waals surface area contributed by atoms with Crippen LogP contribution in [0.5, 0.6) is 0 Å². The maximum Gasteiger partial charge on any atom is 0.244 e. The van der Waals surface area contributed by atoms with Crippen LogP contribution in [-0.2, 0) is 4.79 Å². The van der Waals surface area contributed by atoms with E-state index in [9.17, 15) is 4.79 Å². The molecule has 2 heterocycles. The van der Waals surface area contributed by atoms with Gasteiger partial charge in [0.15, 0.2) is 5.82 Å². The molecule has 0 saturated carbocycles. The number of hydrogen-bond acceptors (Lipinski definition) is 6. The van der Waals surface area contributed by atoms with Gasteiger partial charge in [-0.05, 0) is 13.8 Å². The average Bonchev–Trinajstić information content (AvgIpc) is 2.38. The van der Waals surface area contributed by atoms with E-state index in [2.05, 4.69) is 25.4 Å². The molecule has 0 aromatic carbocycles. The van der Waals surface area contributed by atoms with Crippen LogP contribution < -0.4 is 10.2 Å². The van der Waals surface area contributed by atoms with Gasteiger partial charge in [-0.3, -0.25) is 4.79 Å². The van der Waals surface area contributed by atoms with Crippen LogP contribution in [0.2, 0.25) is 0 Å². The van der Waals surface area contributed by atoms with Gasteiger partial charge in [0.1, 0.15) is 0 Å². The van der Waals surface area contributed by atoms with Crippen LogP contribution in [-0.4, -0.2) is 58.7 Å². The molecule has 98 valence electrons. The minimum Gasteiger partial charge on any atom is -0.352 e. The van der Waals surface area contributed by atoms with Crippen LogP contribution in [0.4, 0.5) is 11.8 Å². The molecular weight excluding hydrogens is 232 g/mol. The SMILES string of the molecule is CC(C)Nc1nncc(N2CCN(C=O)CC2)n1. The first-order chi connectivity index (χ1) is 8.69. The first-order valence-corrected chi connectivity index (χ1v) is 6.09. The van der Waals surface area contributed by atoms with E-state index >= 15 is 0 Å². The van der Waals surface area contributed by atoms with Crippen molar-refractivity contribution in [2.24, 2.45) is 0 Å². The van der Waals surface area contributed by atoms with Gasteiger partial charge in [-0.25, -0.2) is 0 Å². The molecule has 1 N–H and O–H groups in total. The van der Waals surface area contributed by atoms with Gasteiger partial charge in [-0.2, -0.15) is 10.1 Å². The summed E-state index contributed by atoms with van der Waals surface area (Å²) in [6.07, 6.45) is 2.55. The number of anilines is 2. The molecule has 7 heteroatoms. The summed E-state index contributed by atoms with van der Waals surface area (Å²) in [6, 6.07) is 0.272. The average molecular weight is 250 g/mol. The van der Waals surface area contributed by atoms with Crippen molar-refractivity contribution in [1.82, 2.24) is 20.1 Å². The number of hydrogen-bond donors (Lipinski definition) is 1. The van der Waals surface area contributed by atoms with E-state index in [0.717, 1.165) is 38.4 Å². The number of aromatic nitrogens is 3. The van der Waals surface area contributed by atoms with E-state index in [-0.39, 0.29) is 6.04 Å². The maximum absolute atomic E-state index is 10.6. The normalized spacial score (nSPS) is 15.9. The van der Waals surface area contributed by atoms with E-state index in [1.165, 1.54) is 0 Å². The van der Waals surface area contributed by atoms with Crippen LogP contribution in [0, 0.1) is 0 Å². The van der Waals surface area contributed by atoms with E-state index in [0.29, 0.717) is 5.95 Å². The smallest absolute Gasteiger partial charge is 0.244 e. The first-order valence-electron chi connectivity index (χ1n) is 6.09. The summed E-state index contributed by atoms with van der Waals surface area (Å²) in [5.74, 6) is 1.35. The fourth-order valence-corrected chi connectivity index (χ4v) is 1.82. The Bertz CT molecular complexity index is 402. The summed E-state index contributed by atoms with van der Waals surface area (Å²) in [6.45, 7) is 7.05. The van der Waals surface area contributed by atoms with Crippen LogP contribution in [0.1, 0.15) is 13.8 Å². The Hall–Kier alpha value is -1.92. The quantitative estimate of drug-likeness (QED) is 0.756. The molecule has 0 bridgehead atoms. The van der Waals surface area contributed by atoms with Crippen molar-refractivity contribution >= 4 is 18.2 Å². The monoisotopic (exact) mass is 250 g/mol. The number of piperazine rings is 1. The van der Waals surface area contributed by atoms with Crippen LogP contribution in [0.25, 0.3) is 0 Å². The van der Waals surface area contributed by atoms with Crippen molar-refractivity contribution in [2.75, 3.05) is 36.4 Å². The third-order valence-corrected chi connectivity index (χ3v) is 2.75. The number of carbonyl (C=O) groups is 1. The molecule has 1 amide bonds. The van der Waals surface area contributed by atoms with Gasteiger partial charge >= 0.3 is 0 Å². The molecular formula is C11H18N6O. The summed E-state index contributed by atoms with van der Waals surface area (Å²) in [5.41, 5.74) is 0. The predicted octanol–water partition coefficient (Wildman–Crippen LogP) is -0.0297. The van der Waals surface area contributed by atoms with E-state index in [1.54, 1.807) is 11.1 Å². The first kappa shape index (κ1) is 12.5. The van der Waals surface area contributed by atoms with Crippen molar-refractivity contribution in [3.8, 4) is 0 Å². The van der Waals surface area contributed by atoms with Gasteiger partial charge in [0, 0.05) is 32.2 Å². The predicted molar refractivity (Wildman–Crippen MR) is 68.4 cm³/mol.